The Bertz CT molecular complexity index is 1270. The molecule has 162 valence electrons. The predicted octanol–water partition coefficient (Wildman–Crippen LogP) is 5.53. The monoisotopic (exact) mass is 428 g/mol. The van der Waals surface area contributed by atoms with E-state index in [9.17, 15) is 4.39 Å². The molecule has 0 spiro atoms. The minimum Gasteiger partial charge on any atom is -0.367 e. The van der Waals surface area contributed by atoms with Crippen LogP contribution < -0.4 is 10.6 Å². The molecule has 4 aromatic rings. The number of aromatic nitrogens is 4. The lowest BCUT2D eigenvalue weighted by Crippen LogP contribution is -2.16. The Morgan fingerprint density at radius 2 is 1.72 bits per heavy atom. The van der Waals surface area contributed by atoms with Crippen molar-refractivity contribution in [2.24, 2.45) is 0 Å². The number of pyridine rings is 1. The van der Waals surface area contributed by atoms with Gasteiger partial charge in [0, 0.05) is 23.8 Å². The SMILES string of the molecule is Fc1cccc(-c2nn3c(NC4CC4)cccc3c2-c2ccnc(NC3CCCC3)n2)c1. The Morgan fingerprint density at radius 3 is 2.53 bits per heavy atom. The highest BCUT2D eigenvalue weighted by Gasteiger charge is 2.24. The summed E-state index contributed by atoms with van der Waals surface area (Å²) in [6.07, 6.45) is 8.90. The first-order valence-electron chi connectivity index (χ1n) is 11.4. The zero-order valence-corrected chi connectivity index (χ0v) is 17.8. The summed E-state index contributed by atoms with van der Waals surface area (Å²) in [5, 5.41) is 12.0. The van der Waals surface area contributed by atoms with Gasteiger partial charge in [0.15, 0.2) is 0 Å². The molecule has 0 unspecified atom stereocenters. The molecular formula is C25H25FN6. The van der Waals surface area contributed by atoms with Crippen molar-refractivity contribution in [3.05, 3.63) is 60.5 Å². The lowest BCUT2D eigenvalue weighted by atomic mass is 10.0. The number of anilines is 2. The highest BCUT2D eigenvalue weighted by molar-refractivity contribution is 5.91. The molecule has 0 aliphatic heterocycles. The fraction of sp³-hybridized carbons (Fsp3) is 0.320. The third-order valence-corrected chi connectivity index (χ3v) is 6.29. The molecule has 2 fully saturated rings. The van der Waals surface area contributed by atoms with Crippen LogP contribution in [-0.4, -0.2) is 31.7 Å². The van der Waals surface area contributed by atoms with E-state index < -0.39 is 0 Å². The van der Waals surface area contributed by atoms with Crippen molar-refractivity contribution >= 4 is 17.3 Å². The number of nitrogens with zero attached hydrogens (tertiary/aromatic N) is 4. The van der Waals surface area contributed by atoms with Gasteiger partial charge in [0.1, 0.15) is 17.3 Å². The summed E-state index contributed by atoms with van der Waals surface area (Å²) < 4.78 is 16.0. The molecule has 0 bridgehead atoms. The smallest absolute Gasteiger partial charge is 0.223 e. The van der Waals surface area contributed by atoms with Crippen molar-refractivity contribution in [2.75, 3.05) is 10.6 Å². The topological polar surface area (TPSA) is 67.1 Å². The lowest BCUT2D eigenvalue weighted by Gasteiger charge is -2.12. The van der Waals surface area contributed by atoms with E-state index in [1.807, 2.05) is 34.8 Å². The van der Waals surface area contributed by atoms with Crippen molar-refractivity contribution < 1.29 is 4.39 Å². The lowest BCUT2D eigenvalue weighted by molar-refractivity contribution is 0.628. The van der Waals surface area contributed by atoms with Gasteiger partial charge in [-0.05, 0) is 56.0 Å². The minimum absolute atomic E-state index is 0.284. The van der Waals surface area contributed by atoms with Crippen LogP contribution in [0, 0.1) is 5.82 Å². The minimum atomic E-state index is -0.284. The molecule has 3 aromatic heterocycles. The van der Waals surface area contributed by atoms with E-state index in [4.69, 9.17) is 10.1 Å². The quantitative estimate of drug-likeness (QED) is 0.423. The molecular weight excluding hydrogens is 403 g/mol. The Morgan fingerprint density at radius 1 is 0.906 bits per heavy atom. The summed E-state index contributed by atoms with van der Waals surface area (Å²) in [5.41, 5.74) is 4.02. The average Bonchev–Trinajstić information content (AvgIpc) is 3.30. The number of rotatable bonds is 6. The molecule has 6 rings (SSSR count). The summed E-state index contributed by atoms with van der Waals surface area (Å²) in [6, 6.07) is 15.5. The number of nitrogens with one attached hydrogen (secondary N) is 2. The van der Waals surface area contributed by atoms with Crippen molar-refractivity contribution in [3.8, 4) is 22.5 Å². The predicted molar refractivity (Wildman–Crippen MR) is 124 cm³/mol. The molecule has 7 heteroatoms. The van der Waals surface area contributed by atoms with Crippen LogP contribution in [0.5, 0.6) is 0 Å². The molecule has 1 aromatic carbocycles. The summed E-state index contributed by atoms with van der Waals surface area (Å²) >= 11 is 0. The average molecular weight is 429 g/mol. The second-order valence-electron chi connectivity index (χ2n) is 8.75. The Labute approximate surface area is 185 Å². The van der Waals surface area contributed by atoms with Gasteiger partial charge < -0.3 is 10.6 Å². The van der Waals surface area contributed by atoms with Crippen molar-refractivity contribution in [1.82, 2.24) is 19.6 Å². The molecule has 6 nitrogen and oxygen atoms in total. The van der Waals surface area contributed by atoms with Crippen LogP contribution in [0.2, 0.25) is 0 Å². The molecule has 2 aliphatic carbocycles. The molecule has 3 heterocycles. The number of halogens is 1. The van der Waals surface area contributed by atoms with Crippen LogP contribution in [0.25, 0.3) is 28.0 Å². The van der Waals surface area contributed by atoms with Gasteiger partial charge in [-0.25, -0.2) is 18.9 Å². The van der Waals surface area contributed by atoms with Crippen molar-refractivity contribution in [3.63, 3.8) is 0 Å². The first-order chi connectivity index (χ1) is 15.7. The maximum absolute atomic E-state index is 14.1. The first kappa shape index (κ1) is 19.2. The summed E-state index contributed by atoms with van der Waals surface area (Å²) in [7, 11) is 0. The Balaban J connectivity index is 1.50. The van der Waals surface area contributed by atoms with Gasteiger partial charge in [0.25, 0.3) is 0 Å². The largest absolute Gasteiger partial charge is 0.367 e. The number of benzene rings is 1. The van der Waals surface area contributed by atoms with Crippen LogP contribution in [-0.2, 0) is 0 Å². The molecule has 2 saturated carbocycles. The number of hydrogen-bond donors (Lipinski definition) is 2. The van der Waals surface area contributed by atoms with E-state index >= 15 is 0 Å². The van der Waals surface area contributed by atoms with E-state index in [0.29, 0.717) is 23.7 Å². The maximum Gasteiger partial charge on any atom is 0.223 e. The van der Waals surface area contributed by atoms with Gasteiger partial charge >= 0.3 is 0 Å². The molecule has 0 saturated heterocycles. The Hall–Kier alpha value is -3.48. The third kappa shape index (κ3) is 3.68. The summed E-state index contributed by atoms with van der Waals surface area (Å²) in [4.78, 5) is 9.30. The molecule has 0 radical (unpaired) electrons. The van der Waals surface area contributed by atoms with Crippen molar-refractivity contribution in [2.45, 2.75) is 50.6 Å². The van der Waals surface area contributed by atoms with Gasteiger partial charge in [-0.3, -0.25) is 0 Å². The van der Waals surface area contributed by atoms with Gasteiger partial charge in [-0.15, -0.1) is 0 Å². The van der Waals surface area contributed by atoms with Crippen LogP contribution >= 0.6 is 0 Å². The first-order valence-corrected chi connectivity index (χ1v) is 11.4. The second-order valence-corrected chi connectivity index (χ2v) is 8.75. The number of fused-ring (bicyclic) bond motifs is 1. The van der Waals surface area contributed by atoms with E-state index in [2.05, 4.69) is 15.6 Å². The summed E-state index contributed by atoms with van der Waals surface area (Å²) in [5.74, 6) is 1.28. The highest BCUT2D eigenvalue weighted by Crippen LogP contribution is 2.37. The van der Waals surface area contributed by atoms with Crippen molar-refractivity contribution in [1.29, 1.82) is 0 Å². The molecule has 32 heavy (non-hydrogen) atoms. The van der Waals surface area contributed by atoms with Gasteiger partial charge in [-0.1, -0.05) is 31.0 Å². The molecule has 2 aliphatic rings. The third-order valence-electron chi connectivity index (χ3n) is 6.29. The molecule has 2 N–H and O–H groups in total. The number of hydrogen-bond acceptors (Lipinski definition) is 5. The standard InChI is InChI=1S/C25H25FN6/c26-17-6-3-5-16(15-17)24-23(20-13-14-27-25(30-20)29-18-7-1-2-8-18)21-9-4-10-22(32(21)31-24)28-19-11-12-19/h3-6,9-10,13-15,18-19,28H,1-2,7-8,11-12H2,(H,27,29,30). The fourth-order valence-corrected chi connectivity index (χ4v) is 4.53. The Kier molecular flexibility index (Phi) is 4.74. The normalized spacial score (nSPS) is 16.5. The molecule has 0 amide bonds. The fourth-order valence-electron chi connectivity index (χ4n) is 4.53. The zero-order chi connectivity index (χ0) is 21.5. The molecule has 0 atom stereocenters. The maximum atomic E-state index is 14.1. The van der Waals surface area contributed by atoms with Gasteiger partial charge in [-0.2, -0.15) is 5.10 Å². The van der Waals surface area contributed by atoms with Crippen LogP contribution in [0.3, 0.4) is 0 Å². The van der Waals surface area contributed by atoms with E-state index in [0.717, 1.165) is 41.0 Å². The summed E-state index contributed by atoms with van der Waals surface area (Å²) in [6.45, 7) is 0. The van der Waals surface area contributed by atoms with Crippen LogP contribution in [0.4, 0.5) is 16.2 Å². The van der Waals surface area contributed by atoms with Gasteiger partial charge in [0.05, 0.1) is 16.8 Å². The van der Waals surface area contributed by atoms with E-state index in [1.54, 1.807) is 12.3 Å². The van der Waals surface area contributed by atoms with Gasteiger partial charge in [0.2, 0.25) is 5.95 Å². The van der Waals surface area contributed by atoms with Crippen LogP contribution in [0.15, 0.2) is 54.7 Å². The highest BCUT2D eigenvalue weighted by atomic mass is 19.1. The zero-order valence-electron chi connectivity index (χ0n) is 17.8. The van der Waals surface area contributed by atoms with Crippen LogP contribution in [0.1, 0.15) is 38.5 Å². The van der Waals surface area contributed by atoms with E-state index in [-0.39, 0.29) is 5.82 Å². The second kappa shape index (κ2) is 7.89. The van der Waals surface area contributed by atoms with E-state index in [1.165, 1.54) is 37.8 Å².